The summed E-state index contributed by atoms with van der Waals surface area (Å²) in [7, 11) is 0. The Kier molecular flexibility index (Phi) is 24.2. The zero-order chi connectivity index (χ0) is 53.0. The van der Waals surface area contributed by atoms with Gasteiger partial charge in [0.2, 0.25) is 0 Å². The molecule has 2 aliphatic rings. The predicted octanol–water partition coefficient (Wildman–Crippen LogP) is 22.6. The molecule has 2 aliphatic carbocycles. The second-order valence-electron chi connectivity index (χ2n) is 26.4. The van der Waals surface area contributed by atoms with Gasteiger partial charge in [0.15, 0.2) is 0 Å². The van der Waals surface area contributed by atoms with Gasteiger partial charge in [-0.1, -0.05) is 302 Å². The van der Waals surface area contributed by atoms with E-state index in [2.05, 4.69) is 236 Å². The summed E-state index contributed by atoms with van der Waals surface area (Å²) >= 11 is 1.36. The van der Waals surface area contributed by atoms with Crippen LogP contribution in [-0.2, 0) is 57.8 Å². The van der Waals surface area contributed by atoms with Gasteiger partial charge in [-0.3, -0.25) is 0 Å². The summed E-state index contributed by atoms with van der Waals surface area (Å²) in [4.78, 5) is 0. The maximum atomic E-state index is 3.06. The van der Waals surface area contributed by atoms with Crippen LogP contribution in [0, 0.1) is 26.7 Å². The van der Waals surface area contributed by atoms with Crippen molar-refractivity contribution in [2.75, 3.05) is 0 Å². The molecule has 8 aromatic rings. The van der Waals surface area contributed by atoms with Crippen LogP contribution in [0.3, 0.4) is 0 Å². The second kappa shape index (κ2) is 28.3. The standard InChI is InChI=1S/2C36H43.2CH3.2ClH.Si.Zr/c2*1-35(2,3)29-16-12-27(13-17-29)31-20-21-32(28-14-18-30(19-15-28)36(4,5)6)34-24-26(23-33(31)34)22-25-10-8-7-9-11-25;;;;;;/h2*12-21,23-25H,7-11,22H2,1-6H3;2*1H3;2*1H;;/q4*-1;;;;. The summed E-state index contributed by atoms with van der Waals surface area (Å²) in [6, 6.07) is 56.5. The molecule has 416 valence electrons. The average molecular weight is 1170 g/mol. The van der Waals surface area contributed by atoms with Crippen LogP contribution < -0.4 is 0 Å². The molecule has 0 N–H and O–H groups in total. The van der Waals surface area contributed by atoms with E-state index in [1.54, 1.807) is 0 Å². The van der Waals surface area contributed by atoms with Gasteiger partial charge < -0.3 is 14.9 Å². The number of hydrogen-bond acceptors (Lipinski definition) is 0. The maximum absolute atomic E-state index is 3.06. The molecule has 2 fully saturated rings. The Hall–Kier alpha value is -3.78. The van der Waals surface area contributed by atoms with Gasteiger partial charge in [-0.05, 0) is 79.7 Å². The number of benzene rings is 6. The van der Waals surface area contributed by atoms with Gasteiger partial charge in [-0.15, -0.1) is 69.6 Å². The van der Waals surface area contributed by atoms with Gasteiger partial charge in [-0.2, -0.15) is 12.1 Å². The Morgan fingerprint density at radius 3 is 0.833 bits per heavy atom. The third-order valence-electron chi connectivity index (χ3n) is 16.6. The van der Waals surface area contributed by atoms with Crippen LogP contribution in [-0.4, -0.2) is 6.88 Å². The average Bonchev–Trinajstić information content (AvgIpc) is 4.01. The van der Waals surface area contributed by atoms with Gasteiger partial charge in [0.1, 0.15) is 0 Å². The molecule has 2 saturated carbocycles. The summed E-state index contributed by atoms with van der Waals surface area (Å²) in [5, 5.41) is 5.62. The zero-order valence-corrected chi connectivity index (χ0v) is 55.4. The molecule has 4 heteroatoms. The fourth-order valence-corrected chi connectivity index (χ4v) is 12.0. The van der Waals surface area contributed by atoms with E-state index in [1.165, 1.54) is 200 Å². The second-order valence-corrected chi connectivity index (χ2v) is 26.4. The molecule has 0 heterocycles. The molecule has 0 nitrogen and oxygen atoms in total. The first kappa shape index (κ1) is 66.7. The Balaban J connectivity index is 0.000000311. The van der Waals surface area contributed by atoms with Crippen molar-refractivity contribution in [1.82, 2.24) is 0 Å². The quantitative estimate of drug-likeness (QED) is 0.105. The molecule has 10 rings (SSSR count). The Labute approximate surface area is 504 Å². The molecule has 0 aromatic heterocycles. The van der Waals surface area contributed by atoms with Gasteiger partial charge >= 0.3 is 30.2 Å². The van der Waals surface area contributed by atoms with E-state index < -0.39 is 0 Å². The summed E-state index contributed by atoms with van der Waals surface area (Å²) in [6.45, 7) is 30.5. The molecular weight excluding hydrogens is 1080 g/mol. The Bertz CT molecular complexity index is 2690. The van der Waals surface area contributed by atoms with Crippen LogP contribution in [0.5, 0.6) is 0 Å². The Morgan fingerprint density at radius 1 is 0.359 bits per heavy atom. The fraction of sp³-hybridized carbons (Fsp3) is 0.405. The minimum atomic E-state index is 0. The molecule has 2 radical (unpaired) electrons. The van der Waals surface area contributed by atoms with E-state index in [4.69, 9.17) is 0 Å². The molecular formula is C74H94Cl2SiZr-4. The van der Waals surface area contributed by atoms with Crippen molar-refractivity contribution >= 4 is 53.2 Å². The van der Waals surface area contributed by atoms with Crippen LogP contribution in [0.2, 0.25) is 0 Å². The van der Waals surface area contributed by atoms with E-state index in [-0.39, 0.29) is 61.3 Å². The molecule has 78 heavy (non-hydrogen) atoms. The van der Waals surface area contributed by atoms with Crippen LogP contribution >= 0.6 is 24.8 Å². The summed E-state index contributed by atoms with van der Waals surface area (Å²) in [5.41, 5.74) is 20.0. The first-order valence-corrected chi connectivity index (χ1v) is 32.5. The number of rotatable bonds is 8. The van der Waals surface area contributed by atoms with E-state index in [9.17, 15) is 0 Å². The normalized spacial score (nSPS) is 14.3. The van der Waals surface area contributed by atoms with Crippen molar-refractivity contribution < 1.29 is 23.3 Å². The molecule has 0 bridgehead atoms. The van der Waals surface area contributed by atoms with Crippen molar-refractivity contribution in [2.45, 2.75) is 182 Å². The van der Waals surface area contributed by atoms with Gasteiger partial charge in [-0.25, -0.2) is 0 Å². The van der Waals surface area contributed by atoms with E-state index >= 15 is 0 Å². The zero-order valence-electron chi connectivity index (χ0n) is 50.3. The number of fused-ring (bicyclic) bond motifs is 2. The summed E-state index contributed by atoms with van der Waals surface area (Å²) < 4.78 is 0. The molecule has 0 saturated heterocycles. The first-order chi connectivity index (χ1) is 35.2. The van der Waals surface area contributed by atoms with Gasteiger partial charge in [0, 0.05) is 0 Å². The molecule has 8 aromatic carbocycles. The number of hydrogen-bond donors (Lipinski definition) is 0. The van der Waals surface area contributed by atoms with Crippen molar-refractivity contribution in [2.24, 2.45) is 11.8 Å². The molecule has 0 amide bonds. The van der Waals surface area contributed by atoms with Crippen molar-refractivity contribution in [3.05, 3.63) is 194 Å². The minimum absolute atomic E-state index is 0. The molecule has 0 aliphatic heterocycles. The molecule has 0 atom stereocenters. The summed E-state index contributed by atoms with van der Waals surface area (Å²) in [6.07, 6.45) is 16.5. The van der Waals surface area contributed by atoms with Crippen LogP contribution in [0.25, 0.3) is 66.1 Å². The monoisotopic (exact) mass is 1170 g/mol. The van der Waals surface area contributed by atoms with Crippen molar-refractivity contribution in [3.63, 3.8) is 0 Å². The van der Waals surface area contributed by atoms with E-state index in [0.29, 0.717) is 0 Å². The van der Waals surface area contributed by atoms with Gasteiger partial charge in [0.05, 0.1) is 0 Å². The molecule has 0 spiro atoms. The van der Waals surface area contributed by atoms with Crippen LogP contribution in [0.15, 0.2) is 146 Å². The third-order valence-corrected chi connectivity index (χ3v) is 16.6. The van der Waals surface area contributed by atoms with Crippen LogP contribution in [0.4, 0.5) is 0 Å². The van der Waals surface area contributed by atoms with Crippen molar-refractivity contribution in [3.8, 4) is 44.5 Å². The predicted molar refractivity (Wildman–Crippen MR) is 349 cm³/mol. The van der Waals surface area contributed by atoms with Crippen LogP contribution in [0.1, 0.15) is 181 Å². The van der Waals surface area contributed by atoms with E-state index in [1.807, 2.05) is 0 Å². The molecule has 0 unspecified atom stereocenters. The third kappa shape index (κ3) is 16.2. The summed E-state index contributed by atoms with van der Waals surface area (Å²) in [5.74, 6) is 1.69. The number of halogens is 2. The topological polar surface area (TPSA) is 0 Å². The Morgan fingerprint density at radius 2 is 0.590 bits per heavy atom. The fourth-order valence-electron chi connectivity index (χ4n) is 12.0. The van der Waals surface area contributed by atoms with E-state index in [0.717, 1.165) is 11.8 Å². The SMILES string of the molecule is CC(C)(C)c1ccc(-c2ccc(-c3ccc(C(C)(C)C)cc3)c3[cH-]c(CC4CCCCC4)cc23)cc1.CC(C)(C)c1ccc(-c2ccc(-c3ccc(C(C)(C)C)cc3)c3[cH-]c(CC4CCCCC4)cc23)cc1.Cl.Cl.[CH3-].[CH3-].[Si]=[Zr]. The van der Waals surface area contributed by atoms with Crippen molar-refractivity contribution in [1.29, 1.82) is 0 Å². The first-order valence-electron chi connectivity index (χ1n) is 28.3. The van der Waals surface area contributed by atoms with Gasteiger partial charge in [0.25, 0.3) is 0 Å².